The Morgan fingerprint density at radius 3 is 2.48 bits per heavy atom. The zero-order chi connectivity index (χ0) is 17.8. The summed E-state index contributed by atoms with van der Waals surface area (Å²) in [5.41, 5.74) is 1.92. The van der Waals surface area contributed by atoms with Gasteiger partial charge in [0.25, 0.3) is 5.91 Å². The number of rotatable bonds is 6. The van der Waals surface area contributed by atoms with E-state index in [4.69, 9.17) is 5.11 Å². The summed E-state index contributed by atoms with van der Waals surface area (Å²) in [5.74, 6) is -0.496. The van der Waals surface area contributed by atoms with Crippen LogP contribution >= 0.6 is 0 Å². The first-order chi connectivity index (χ1) is 12.1. The zero-order valence-electron chi connectivity index (χ0n) is 13.7. The van der Waals surface area contributed by atoms with Crippen molar-refractivity contribution in [3.05, 3.63) is 71.7 Å². The van der Waals surface area contributed by atoms with E-state index in [2.05, 4.69) is 10.4 Å². The van der Waals surface area contributed by atoms with Crippen molar-refractivity contribution in [1.82, 2.24) is 19.7 Å². The van der Waals surface area contributed by atoms with Gasteiger partial charge in [0.15, 0.2) is 0 Å². The summed E-state index contributed by atoms with van der Waals surface area (Å²) in [6.45, 7) is 0.252. The van der Waals surface area contributed by atoms with E-state index in [0.29, 0.717) is 16.9 Å². The number of carboxylic acids is 1. The number of aliphatic carboxylic acids is 1. The van der Waals surface area contributed by atoms with Crippen molar-refractivity contribution in [3.63, 3.8) is 0 Å². The normalized spacial score (nSPS) is 10.6. The van der Waals surface area contributed by atoms with Crippen molar-refractivity contribution < 1.29 is 14.7 Å². The number of carbonyl (C=O) groups excluding carboxylic acids is 1. The molecule has 0 aliphatic rings. The summed E-state index contributed by atoms with van der Waals surface area (Å²) in [4.78, 5) is 23.5. The maximum absolute atomic E-state index is 12.6. The smallest absolute Gasteiger partial charge is 0.307 e. The van der Waals surface area contributed by atoms with E-state index in [-0.39, 0.29) is 18.9 Å². The SMILES string of the molecule is Cn1ncc(C(=O)NCc2ccccc2CC(=O)O)c1-n1cccc1. The first-order valence-corrected chi connectivity index (χ1v) is 7.78. The van der Waals surface area contributed by atoms with Crippen LogP contribution in [-0.4, -0.2) is 31.3 Å². The lowest BCUT2D eigenvalue weighted by atomic mass is 10.0. The van der Waals surface area contributed by atoms with Crippen molar-refractivity contribution in [2.45, 2.75) is 13.0 Å². The number of aromatic nitrogens is 3. The molecule has 0 aliphatic heterocycles. The van der Waals surface area contributed by atoms with E-state index in [1.54, 1.807) is 23.9 Å². The molecule has 2 heterocycles. The third-order valence-electron chi connectivity index (χ3n) is 3.90. The number of carbonyl (C=O) groups is 2. The summed E-state index contributed by atoms with van der Waals surface area (Å²) >= 11 is 0. The average Bonchev–Trinajstić information content (AvgIpc) is 3.22. The standard InChI is InChI=1S/C18H18N4O3/c1-21-18(22-8-4-5-9-22)15(12-20-21)17(25)19-11-14-7-3-2-6-13(14)10-16(23)24/h2-9,12H,10-11H2,1H3,(H,19,25)(H,23,24). The molecule has 0 saturated heterocycles. The van der Waals surface area contributed by atoms with Crippen LogP contribution in [0.4, 0.5) is 0 Å². The molecule has 1 amide bonds. The predicted molar refractivity (Wildman–Crippen MR) is 91.5 cm³/mol. The maximum Gasteiger partial charge on any atom is 0.307 e. The molecule has 7 heteroatoms. The van der Waals surface area contributed by atoms with Crippen molar-refractivity contribution >= 4 is 11.9 Å². The summed E-state index contributed by atoms with van der Waals surface area (Å²) in [7, 11) is 1.77. The minimum atomic E-state index is -0.902. The summed E-state index contributed by atoms with van der Waals surface area (Å²) in [5, 5.41) is 16.0. The molecule has 0 atom stereocenters. The van der Waals surface area contributed by atoms with Crippen LogP contribution in [0, 0.1) is 0 Å². The first kappa shape index (κ1) is 16.5. The van der Waals surface area contributed by atoms with Gasteiger partial charge in [0.2, 0.25) is 0 Å². The van der Waals surface area contributed by atoms with E-state index < -0.39 is 5.97 Å². The Kier molecular flexibility index (Phi) is 4.65. The van der Waals surface area contributed by atoms with Gasteiger partial charge in [0.1, 0.15) is 11.4 Å². The monoisotopic (exact) mass is 338 g/mol. The van der Waals surface area contributed by atoms with E-state index >= 15 is 0 Å². The Morgan fingerprint density at radius 1 is 1.12 bits per heavy atom. The molecule has 0 saturated carbocycles. The molecule has 0 fully saturated rings. The highest BCUT2D eigenvalue weighted by atomic mass is 16.4. The van der Waals surface area contributed by atoms with Crippen LogP contribution in [0.3, 0.4) is 0 Å². The Bertz CT molecular complexity index is 897. The van der Waals surface area contributed by atoms with Gasteiger partial charge in [0.05, 0.1) is 12.6 Å². The number of nitrogens with zero attached hydrogens (tertiary/aromatic N) is 3. The fraction of sp³-hybridized carbons (Fsp3) is 0.167. The fourth-order valence-corrected chi connectivity index (χ4v) is 2.71. The van der Waals surface area contributed by atoms with E-state index in [1.165, 1.54) is 6.20 Å². The molecule has 0 aliphatic carbocycles. The molecule has 2 N–H and O–H groups in total. The second-order valence-corrected chi connectivity index (χ2v) is 5.62. The van der Waals surface area contributed by atoms with Crippen LogP contribution in [0.2, 0.25) is 0 Å². The molecule has 0 unspecified atom stereocenters. The lowest BCUT2D eigenvalue weighted by molar-refractivity contribution is -0.136. The van der Waals surface area contributed by atoms with Gasteiger partial charge in [-0.05, 0) is 23.3 Å². The largest absolute Gasteiger partial charge is 0.481 e. The number of aryl methyl sites for hydroxylation is 1. The molecule has 0 radical (unpaired) electrons. The number of hydrogen-bond acceptors (Lipinski definition) is 3. The minimum Gasteiger partial charge on any atom is -0.481 e. The van der Waals surface area contributed by atoms with E-state index in [9.17, 15) is 9.59 Å². The van der Waals surface area contributed by atoms with Gasteiger partial charge in [0, 0.05) is 26.0 Å². The predicted octanol–water partition coefficient (Wildman–Crippen LogP) is 1.77. The molecular weight excluding hydrogens is 320 g/mol. The fourth-order valence-electron chi connectivity index (χ4n) is 2.71. The van der Waals surface area contributed by atoms with Crippen molar-refractivity contribution in [2.24, 2.45) is 7.05 Å². The number of carboxylic acid groups (broad SMARTS) is 1. The van der Waals surface area contributed by atoms with Gasteiger partial charge in [-0.25, -0.2) is 0 Å². The Balaban J connectivity index is 1.78. The number of hydrogen-bond donors (Lipinski definition) is 2. The van der Waals surface area contributed by atoms with E-state index in [1.807, 2.05) is 41.2 Å². The van der Waals surface area contributed by atoms with Crippen LogP contribution in [0.1, 0.15) is 21.5 Å². The number of amides is 1. The molecule has 128 valence electrons. The third-order valence-corrected chi connectivity index (χ3v) is 3.90. The van der Waals surface area contributed by atoms with Gasteiger partial charge < -0.3 is 15.0 Å². The Morgan fingerprint density at radius 2 is 1.80 bits per heavy atom. The van der Waals surface area contributed by atoms with Crippen molar-refractivity contribution in [2.75, 3.05) is 0 Å². The number of benzene rings is 1. The highest BCUT2D eigenvalue weighted by Crippen LogP contribution is 2.15. The van der Waals surface area contributed by atoms with Gasteiger partial charge in [-0.1, -0.05) is 24.3 Å². The molecule has 3 aromatic rings. The van der Waals surface area contributed by atoms with Crippen LogP contribution in [0.15, 0.2) is 55.0 Å². The zero-order valence-corrected chi connectivity index (χ0v) is 13.7. The highest BCUT2D eigenvalue weighted by molar-refractivity contribution is 5.97. The second-order valence-electron chi connectivity index (χ2n) is 5.62. The van der Waals surface area contributed by atoms with E-state index in [0.717, 1.165) is 5.56 Å². The highest BCUT2D eigenvalue weighted by Gasteiger charge is 2.17. The van der Waals surface area contributed by atoms with Crippen LogP contribution < -0.4 is 5.32 Å². The minimum absolute atomic E-state index is 0.0758. The summed E-state index contributed by atoms with van der Waals surface area (Å²) in [6.07, 6.45) is 5.13. The second kappa shape index (κ2) is 7.04. The summed E-state index contributed by atoms with van der Waals surface area (Å²) < 4.78 is 3.45. The topological polar surface area (TPSA) is 89.2 Å². The first-order valence-electron chi connectivity index (χ1n) is 7.78. The van der Waals surface area contributed by atoms with Gasteiger partial charge >= 0.3 is 5.97 Å². The molecule has 25 heavy (non-hydrogen) atoms. The molecule has 0 bridgehead atoms. The Labute approximate surface area is 144 Å². The molecule has 3 rings (SSSR count). The van der Waals surface area contributed by atoms with Crippen LogP contribution in [-0.2, 0) is 24.8 Å². The lowest BCUT2D eigenvalue weighted by Crippen LogP contribution is -2.24. The van der Waals surface area contributed by atoms with Crippen LogP contribution in [0.5, 0.6) is 0 Å². The number of nitrogens with one attached hydrogen (secondary N) is 1. The van der Waals surface area contributed by atoms with Gasteiger partial charge in [-0.2, -0.15) is 5.10 Å². The average molecular weight is 338 g/mol. The molecule has 0 spiro atoms. The van der Waals surface area contributed by atoms with Crippen molar-refractivity contribution in [1.29, 1.82) is 0 Å². The Hall–Kier alpha value is -3.35. The van der Waals surface area contributed by atoms with Gasteiger partial charge in [-0.15, -0.1) is 0 Å². The summed E-state index contributed by atoms with van der Waals surface area (Å²) in [6, 6.07) is 10.9. The molecule has 7 nitrogen and oxygen atoms in total. The quantitative estimate of drug-likeness (QED) is 0.717. The maximum atomic E-state index is 12.6. The van der Waals surface area contributed by atoms with Crippen molar-refractivity contribution in [3.8, 4) is 5.82 Å². The molecule has 1 aromatic carbocycles. The molecular formula is C18H18N4O3. The van der Waals surface area contributed by atoms with Gasteiger partial charge in [-0.3, -0.25) is 14.3 Å². The van der Waals surface area contributed by atoms with Crippen LogP contribution in [0.25, 0.3) is 5.82 Å². The molecule has 2 aromatic heterocycles. The third kappa shape index (κ3) is 3.60. The lowest BCUT2D eigenvalue weighted by Gasteiger charge is -2.10.